The van der Waals surface area contributed by atoms with Gasteiger partial charge in [0.15, 0.2) is 0 Å². The minimum Gasteiger partial charge on any atom is -0.357 e. The summed E-state index contributed by atoms with van der Waals surface area (Å²) < 4.78 is 46.8. The summed E-state index contributed by atoms with van der Waals surface area (Å²) >= 11 is 0. The van der Waals surface area contributed by atoms with E-state index in [9.17, 15) is 18.3 Å². The van der Waals surface area contributed by atoms with Crippen LogP contribution in [0.25, 0.3) is 5.57 Å². The van der Waals surface area contributed by atoms with E-state index in [1.165, 1.54) is 24.3 Å². The van der Waals surface area contributed by atoms with Crippen molar-refractivity contribution in [3.05, 3.63) is 53.9 Å². The quantitative estimate of drug-likeness (QED) is 0.659. The number of hydrogen-bond acceptors (Lipinski definition) is 2. The number of rotatable bonds is 5. The molecule has 1 N–H and O–H groups in total. The molecule has 1 aliphatic carbocycles. The van der Waals surface area contributed by atoms with Gasteiger partial charge in [0, 0.05) is 5.56 Å². The molecule has 5 heteroatoms. The number of alkyl halides is 2. The van der Waals surface area contributed by atoms with Crippen LogP contribution in [0.1, 0.15) is 25.3 Å². The van der Waals surface area contributed by atoms with E-state index in [1.54, 1.807) is 6.07 Å². The summed E-state index contributed by atoms with van der Waals surface area (Å²) in [5.74, 6) is -6.91. The molecule has 0 aromatic heterocycles. The van der Waals surface area contributed by atoms with Crippen LogP contribution in [0, 0.1) is 5.82 Å². The van der Waals surface area contributed by atoms with Gasteiger partial charge in [0.05, 0.1) is 6.61 Å². The van der Waals surface area contributed by atoms with E-state index in [1.807, 2.05) is 6.92 Å². The minimum atomic E-state index is -3.63. The summed E-state index contributed by atoms with van der Waals surface area (Å²) in [6, 6.07) is 5.64. The molecule has 1 aromatic carbocycles. The lowest BCUT2D eigenvalue weighted by atomic mass is 9.93. The summed E-state index contributed by atoms with van der Waals surface area (Å²) in [5, 5.41) is 9.96. The summed E-state index contributed by atoms with van der Waals surface area (Å²) in [7, 11) is 0. The molecule has 0 bridgehead atoms. The molecule has 0 aliphatic heterocycles. The average Bonchev–Trinajstić information content (AvgIpc) is 2.43. The van der Waals surface area contributed by atoms with Crippen LogP contribution in [0.15, 0.2) is 42.5 Å². The number of allylic oxidation sites excluding steroid dienone is 2. The van der Waals surface area contributed by atoms with Crippen molar-refractivity contribution in [3.8, 4) is 0 Å². The lowest BCUT2D eigenvalue weighted by molar-refractivity contribution is -0.270. The first-order valence-electron chi connectivity index (χ1n) is 6.81. The van der Waals surface area contributed by atoms with Crippen LogP contribution in [0.5, 0.6) is 0 Å². The van der Waals surface area contributed by atoms with Gasteiger partial charge in [-0.1, -0.05) is 37.6 Å². The molecule has 114 valence electrons. The van der Waals surface area contributed by atoms with Gasteiger partial charge in [-0.3, -0.25) is 0 Å². The molecule has 0 fully saturated rings. The highest BCUT2D eigenvalue weighted by Gasteiger charge is 2.52. The van der Waals surface area contributed by atoms with Crippen molar-refractivity contribution in [2.75, 3.05) is 6.61 Å². The third kappa shape index (κ3) is 3.19. The van der Waals surface area contributed by atoms with Gasteiger partial charge in [-0.15, -0.1) is 0 Å². The van der Waals surface area contributed by atoms with Crippen molar-refractivity contribution in [1.29, 1.82) is 0 Å². The van der Waals surface area contributed by atoms with Crippen molar-refractivity contribution in [2.45, 2.75) is 31.5 Å². The fourth-order valence-electron chi connectivity index (χ4n) is 2.04. The molecule has 0 radical (unpaired) electrons. The second kappa shape index (κ2) is 6.03. The van der Waals surface area contributed by atoms with E-state index in [2.05, 4.69) is 0 Å². The molecule has 0 saturated carbocycles. The summed E-state index contributed by atoms with van der Waals surface area (Å²) in [4.78, 5) is 0. The molecule has 21 heavy (non-hydrogen) atoms. The van der Waals surface area contributed by atoms with Gasteiger partial charge in [0.2, 0.25) is 0 Å². The third-order valence-corrected chi connectivity index (χ3v) is 3.31. The zero-order chi connectivity index (χ0) is 15.5. The molecule has 1 aromatic rings. The van der Waals surface area contributed by atoms with Gasteiger partial charge < -0.3 is 9.84 Å². The molecular weight excluding hydrogens is 281 g/mol. The highest BCUT2D eigenvalue weighted by atomic mass is 19.3. The van der Waals surface area contributed by atoms with Gasteiger partial charge in [0.25, 0.3) is 5.79 Å². The summed E-state index contributed by atoms with van der Waals surface area (Å²) in [6.45, 7) is 1.91. The number of halogens is 3. The molecule has 1 aliphatic rings. The maximum atomic E-state index is 14.1. The van der Waals surface area contributed by atoms with E-state index in [0.29, 0.717) is 12.5 Å². The van der Waals surface area contributed by atoms with Crippen LogP contribution >= 0.6 is 0 Å². The van der Waals surface area contributed by atoms with Crippen molar-refractivity contribution < 1.29 is 23.0 Å². The molecule has 1 atom stereocenters. The minimum absolute atomic E-state index is 0.0156. The Labute approximate surface area is 121 Å². The van der Waals surface area contributed by atoms with Gasteiger partial charge in [-0.05, 0) is 30.2 Å². The van der Waals surface area contributed by atoms with E-state index in [-0.39, 0.29) is 17.7 Å². The standard InChI is InChI=1S/C16H17F3O2/c1-2-3-10-21-16(20)9-8-12(11-15(16,18)19)13-6-4-5-7-14(13)17/h4-9,11,20H,2-3,10H2,1H3. The van der Waals surface area contributed by atoms with E-state index in [4.69, 9.17) is 4.74 Å². The zero-order valence-electron chi connectivity index (χ0n) is 11.7. The second-order valence-corrected chi connectivity index (χ2v) is 4.93. The lowest BCUT2D eigenvalue weighted by Crippen LogP contribution is -2.49. The molecule has 0 spiro atoms. The van der Waals surface area contributed by atoms with E-state index >= 15 is 0 Å². The van der Waals surface area contributed by atoms with Crippen LogP contribution in [0.4, 0.5) is 13.2 Å². The van der Waals surface area contributed by atoms with Crippen LogP contribution in [0.2, 0.25) is 0 Å². The zero-order valence-corrected chi connectivity index (χ0v) is 11.7. The maximum absolute atomic E-state index is 14.1. The molecule has 2 rings (SSSR count). The maximum Gasteiger partial charge on any atom is 0.323 e. The van der Waals surface area contributed by atoms with Crippen molar-refractivity contribution in [1.82, 2.24) is 0 Å². The Kier molecular flexibility index (Phi) is 4.54. The van der Waals surface area contributed by atoms with Crippen molar-refractivity contribution in [3.63, 3.8) is 0 Å². The molecule has 0 saturated heterocycles. The molecule has 2 nitrogen and oxygen atoms in total. The summed E-state index contributed by atoms with van der Waals surface area (Å²) in [6.07, 6.45) is 4.00. The van der Waals surface area contributed by atoms with Crippen LogP contribution in [0.3, 0.4) is 0 Å². The number of aliphatic hydroxyl groups is 1. The van der Waals surface area contributed by atoms with Gasteiger partial charge in [-0.2, -0.15) is 8.78 Å². The largest absolute Gasteiger partial charge is 0.357 e. The van der Waals surface area contributed by atoms with E-state index in [0.717, 1.165) is 12.5 Å². The first-order chi connectivity index (χ1) is 9.89. The Morgan fingerprint density at radius 2 is 1.95 bits per heavy atom. The van der Waals surface area contributed by atoms with Crippen molar-refractivity contribution >= 4 is 5.57 Å². The molecule has 1 unspecified atom stereocenters. The van der Waals surface area contributed by atoms with Gasteiger partial charge in [0.1, 0.15) is 5.82 Å². The number of benzene rings is 1. The van der Waals surface area contributed by atoms with Crippen molar-refractivity contribution in [2.24, 2.45) is 0 Å². The number of unbranched alkanes of at least 4 members (excludes halogenated alkanes) is 1. The Balaban J connectivity index is 2.26. The Morgan fingerprint density at radius 1 is 1.24 bits per heavy atom. The highest BCUT2D eigenvalue weighted by Crippen LogP contribution is 2.40. The summed E-state index contributed by atoms with van der Waals surface area (Å²) in [5.41, 5.74) is 0.0749. The van der Waals surface area contributed by atoms with Gasteiger partial charge in [-0.25, -0.2) is 4.39 Å². The predicted molar refractivity (Wildman–Crippen MR) is 74.3 cm³/mol. The molecule has 0 amide bonds. The Bertz CT molecular complexity index is 566. The monoisotopic (exact) mass is 298 g/mol. The first kappa shape index (κ1) is 15.8. The van der Waals surface area contributed by atoms with Crippen LogP contribution in [-0.4, -0.2) is 23.4 Å². The SMILES string of the molecule is CCCCOC1(O)C=CC(c2ccccc2F)=CC1(F)F. The second-order valence-electron chi connectivity index (χ2n) is 4.93. The normalized spacial score (nSPS) is 24.0. The number of ether oxygens (including phenoxy) is 1. The van der Waals surface area contributed by atoms with Crippen LogP contribution in [-0.2, 0) is 4.74 Å². The predicted octanol–water partition coefficient (Wildman–Crippen LogP) is 3.92. The lowest BCUT2D eigenvalue weighted by Gasteiger charge is -2.34. The Morgan fingerprint density at radius 3 is 2.57 bits per heavy atom. The smallest absolute Gasteiger partial charge is 0.323 e. The highest BCUT2D eigenvalue weighted by molar-refractivity contribution is 5.76. The first-order valence-corrected chi connectivity index (χ1v) is 6.81. The van der Waals surface area contributed by atoms with E-state index < -0.39 is 17.5 Å². The third-order valence-electron chi connectivity index (χ3n) is 3.31. The number of hydrogen-bond donors (Lipinski definition) is 1. The molecular formula is C16H17F3O2. The average molecular weight is 298 g/mol. The topological polar surface area (TPSA) is 29.5 Å². The van der Waals surface area contributed by atoms with Crippen LogP contribution < -0.4 is 0 Å². The molecule has 0 heterocycles. The Hall–Kier alpha value is -1.59. The fourth-order valence-corrected chi connectivity index (χ4v) is 2.04. The van der Waals surface area contributed by atoms with Gasteiger partial charge >= 0.3 is 5.92 Å². The fraction of sp³-hybridized carbons (Fsp3) is 0.375.